The molecule has 22 heavy (non-hydrogen) atoms. The molecule has 120 valence electrons. The molecule has 0 bridgehead atoms. The Morgan fingerprint density at radius 3 is 2.59 bits per heavy atom. The molecule has 0 radical (unpaired) electrons. The maximum atomic E-state index is 12.0. The van der Waals surface area contributed by atoms with Crippen molar-refractivity contribution >= 4 is 22.9 Å². The lowest BCUT2D eigenvalue weighted by Gasteiger charge is -2.18. The first kappa shape index (κ1) is 16.9. The molecule has 1 aromatic rings. The Morgan fingerprint density at radius 1 is 1.27 bits per heavy atom. The summed E-state index contributed by atoms with van der Waals surface area (Å²) < 4.78 is 7.67. The number of carbonyl (C=O) groups is 1. The molecular weight excluding hydrogens is 296 g/mol. The molecule has 2 rings (SSSR count). The standard InChI is InChI=1S/C17H24N2O2S/c1-14(16(22-2)19-11-7-4-8-12-19)18-17(20)21-13-15-9-5-3-6-10-15/h3,5-6,9-10,14H,4,7-8,11-13H2,1-2H3/p+1/t14-/m0/s1. The van der Waals surface area contributed by atoms with Gasteiger partial charge in [-0.3, -0.25) is 0 Å². The fourth-order valence-electron chi connectivity index (χ4n) is 2.70. The SMILES string of the molecule is CSC([C@H](C)NC(=O)OCc1ccccc1)=[N+]1CCCCC1. The molecule has 0 saturated carbocycles. The van der Waals surface area contributed by atoms with E-state index in [9.17, 15) is 4.79 Å². The molecule has 1 N–H and O–H groups in total. The first-order valence-corrected chi connectivity index (χ1v) is 9.06. The number of piperidine rings is 1. The molecule has 0 aromatic heterocycles. The minimum atomic E-state index is -0.361. The Hall–Kier alpha value is -1.49. The lowest BCUT2D eigenvalue weighted by molar-refractivity contribution is -0.536. The maximum absolute atomic E-state index is 12.0. The Balaban J connectivity index is 1.86. The third kappa shape index (κ3) is 5.05. The van der Waals surface area contributed by atoms with Gasteiger partial charge in [-0.2, -0.15) is 0 Å². The van der Waals surface area contributed by atoms with Crippen molar-refractivity contribution in [1.29, 1.82) is 0 Å². The Kier molecular flexibility index (Phi) is 6.77. The van der Waals surface area contributed by atoms with Gasteiger partial charge in [0.25, 0.3) is 0 Å². The van der Waals surface area contributed by atoms with E-state index in [0.717, 1.165) is 18.7 Å². The molecule has 1 atom stereocenters. The van der Waals surface area contributed by atoms with Crippen molar-refractivity contribution in [3.8, 4) is 0 Å². The van der Waals surface area contributed by atoms with Crippen LogP contribution in [0.5, 0.6) is 0 Å². The zero-order valence-corrected chi connectivity index (χ0v) is 14.2. The molecule has 1 aliphatic rings. The first-order chi connectivity index (χ1) is 10.7. The summed E-state index contributed by atoms with van der Waals surface area (Å²) in [5.41, 5.74) is 0.996. The van der Waals surface area contributed by atoms with Gasteiger partial charge in [0.1, 0.15) is 25.7 Å². The Morgan fingerprint density at radius 2 is 1.95 bits per heavy atom. The highest BCUT2D eigenvalue weighted by molar-refractivity contribution is 8.13. The van der Waals surface area contributed by atoms with Gasteiger partial charge in [0, 0.05) is 12.8 Å². The van der Waals surface area contributed by atoms with Crippen molar-refractivity contribution < 1.29 is 14.1 Å². The number of hydrogen-bond donors (Lipinski definition) is 1. The van der Waals surface area contributed by atoms with Crippen LogP contribution in [0.25, 0.3) is 0 Å². The van der Waals surface area contributed by atoms with Crippen LogP contribution in [0.15, 0.2) is 30.3 Å². The number of nitrogens with zero attached hydrogens (tertiary/aromatic N) is 1. The normalized spacial score (nSPS) is 16.0. The van der Waals surface area contributed by atoms with E-state index in [1.54, 1.807) is 11.8 Å². The number of thioether (sulfide) groups is 1. The van der Waals surface area contributed by atoms with E-state index in [1.165, 1.54) is 24.3 Å². The zero-order valence-electron chi connectivity index (χ0n) is 13.4. The molecule has 1 aliphatic heterocycles. The highest BCUT2D eigenvalue weighted by Crippen LogP contribution is 2.11. The Bertz CT molecular complexity index is 509. The van der Waals surface area contributed by atoms with E-state index in [-0.39, 0.29) is 12.1 Å². The third-order valence-corrected chi connectivity index (χ3v) is 4.82. The van der Waals surface area contributed by atoms with E-state index in [4.69, 9.17) is 4.74 Å². The fourth-order valence-corrected chi connectivity index (χ4v) is 3.55. The predicted molar refractivity (Wildman–Crippen MR) is 91.6 cm³/mol. The van der Waals surface area contributed by atoms with Gasteiger partial charge in [-0.1, -0.05) is 42.1 Å². The molecular formula is C17H25N2O2S+. The van der Waals surface area contributed by atoms with Crippen molar-refractivity contribution in [2.45, 2.75) is 38.8 Å². The number of hydrogen-bond acceptors (Lipinski definition) is 3. The van der Waals surface area contributed by atoms with Crippen LogP contribution >= 0.6 is 11.8 Å². The smallest absolute Gasteiger partial charge is 0.408 e. The fraction of sp³-hybridized carbons (Fsp3) is 0.529. The summed E-state index contributed by atoms with van der Waals surface area (Å²) in [6.45, 7) is 4.49. The van der Waals surface area contributed by atoms with Crippen LogP contribution < -0.4 is 5.32 Å². The van der Waals surface area contributed by atoms with Gasteiger partial charge >= 0.3 is 6.09 Å². The molecule has 0 spiro atoms. The highest BCUT2D eigenvalue weighted by Gasteiger charge is 2.24. The predicted octanol–water partition coefficient (Wildman–Crippen LogP) is 3.26. The molecule has 0 unspecified atom stereocenters. The van der Waals surface area contributed by atoms with E-state index < -0.39 is 0 Å². The highest BCUT2D eigenvalue weighted by atomic mass is 32.2. The number of rotatable bonds is 4. The van der Waals surface area contributed by atoms with E-state index >= 15 is 0 Å². The van der Waals surface area contributed by atoms with Crippen molar-refractivity contribution in [2.24, 2.45) is 0 Å². The van der Waals surface area contributed by atoms with Gasteiger partial charge in [-0.05, 0) is 25.2 Å². The van der Waals surface area contributed by atoms with Gasteiger partial charge in [0.2, 0.25) is 5.04 Å². The molecule has 1 fully saturated rings. The molecule has 1 heterocycles. The second-order valence-corrected chi connectivity index (χ2v) is 6.34. The lowest BCUT2D eigenvalue weighted by atomic mass is 10.1. The quantitative estimate of drug-likeness (QED) is 0.683. The second kappa shape index (κ2) is 8.83. The average Bonchev–Trinajstić information content (AvgIpc) is 2.55. The van der Waals surface area contributed by atoms with Crippen LogP contribution in [0.4, 0.5) is 4.79 Å². The summed E-state index contributed by atoms with van der Waals surface area (Å²) >= 11 is 1.71. The summed E-state index contributed by atoms with van der Waals surface area (Å²) in [5, 5.41) is 4.16. The molecule has 1 aromatic carbocycles. The van der Waals surface area contributed by atoms with Crippen molar-refractivity contribution in [2.75, 3.05) is 19.3 Å². The minimum Gasteiger partial charge on any atom is -0.445 e. The van der Waals surface area contributed by atoms with Crippen LogP contribution in [0.2, 0.25) is 0 Å². The summed E-state index contributed by atoms with van der Waals surface area (Å²) in [5.74, 6) is 0. The topological polar surface area (TPSA) is 41.3 Å². The summed E-state index contributed by atoms with van der Waals surface area (Å²) in [4.78, 5) is 12.0. The van der Waals surface area contributed by atoms with Gasteiger partial charge < -0.3 is 10.1 Å². The van der Waals surface area contributed by atoms with Gasteiger partial charge in [0.05, 0.1) is 0 Å². The number of ether oxygens (including phenoxy) is 1. The minimum absolute atomic E-state index is 0.0172. The number of amides is 1. The maximum Gasteiger partial charge on any atom is 0.408 e. The van der Waals surface area contributed by atoms with Crippen molar-refractivity contribution in [3.05, 3.63) is 35.9 Å². The van der Waals surface area contributed by atoms with Crippen molar-refractivity contribution in [1.82, 2.24) is 5.32 Å². The van der Waals surface area contributed by atoms with Gasteiger partial charge in [0.15, 0.2) is 0 Å². The van der Waals surface area contributed by atoms with E-state index in [1.807, 2.05) is 37.3 Å². The van der Waals surface area contributed by atoms with E-state index in [0.29, 0.717) is 6.61 Å². The van der Waals surface area contributed by atoms with Crippen LogP contribution in [0.1, 0.15) is 31.7 Å². The first-order valence-electron chi connectivity index (χ1n) is 7.83. The zero-order chi connectivity index (χ0) is 15.8. The lowest BCUT2D eigenvalue weighted by Crippen LogP contribution is -2.42. The van der Waals surface area contributed by atoms with Crippen molar-refractivity contribution in [3.63, 3.8) is 0 Å². The summed E-state index contributed by atoms with van der Waals surface area (Å²) in [6.07, 6.45) is 5.47. The molecule has 4 nitrogen and oxygen atoms in total. The molecule has 1 saturated heterocycles. The number of nitrogens with one attached hydrogen (secondary N) is 1. The molecule has 1 amide bonds. The van der Waals surface area contributed by atoms with Gasteiger partial charge in [-0.25, -0.2) is 9.37 Å². The number of carbonyl (C=O) groups excluding carboxylic acids is 1. The summed E-state index contributed by atoms with van der Waals surface area (Å²) in [6, 6.07) is 9.71. The van der Waals surface area contributed by atoms with Gasteiger partial charge in [-0.15, -0.1) is 0 Å². The van der Waals surface area contributed by atoms with Crippen LogP contribution in [0.3, 0.4) is 0 Å². The number of benzene rings is 1. The number of alkyl carbamates (subject to hydrolysis) is 1. The van der Waals surface area contributed by atoms with Crippen LogP contribution in [-0.2, 0) is 11.3 Å². The molecule has 0 aliphatic carbocycles. The largest absolute Gasteiger partial charge is 0.445 e. The average molecular weight is 321 g/mol. The van der Waals surface area contributed by atoms with Crippen LogP contribution in [0, 0.1) is 0 Å². The summed E-state index contributed by atoms with van der Waals surface area (Å²) in [7, 11) is 0. The third-order valence-electron chi connectivity index (χ3n) is 3.79. The van der Waals surface area contributed by atoms with E-state index in [2.05, 4.69) is 16.1 Å². The monoisotopic (exact) mass is 321 g/mol. The molecule has 5 heteroatoms. The van der Waals surface area contributed by atoms with Crippen LogP contribution in [-0.4, -0.2) is 41.1 Å². The Labute approximate surface area is 136 Å². The second-order valence-electron chi connectivity index (χ2n) is 5.52.